The summed E-state index contributed by atoms with van der Waals surface area (Å²) in [4.78, 5) is 38.7. The molecule has 24 heavy (non-hydrogen) atoms. The highest BCUT2D eigenvalue weighted by atomic mass is 16.5. The summed E-state index contributed by atoms with van der Waals surface area (Å²) in [7, 11) is 2.63. The number of hydrogen-bond acceptors (Lipinski definition) is 5. The van der Waals surface area contributed by atoms with Gasteiger partial charge in [-0.15, -0.1) is 0 Å². The zero-order valence-corrected chi connectivity index (χ0v) is 13.9. The molecule has 2 saturated heterocycles. The molecule has 2 aliphatic heterocycles. The number of carbonyl (C=O) groups is 3. The molecule has 2 aliphatic rings. The fourth-order valence-corrected chi connectivity index (χ4v) is 3.96. The molecule has 2 amide bonds. The van der Waals surface area contributed by atoms with Crippen molar-refractivity contribution in [3.05, 3.63) is 35.4 Å². The van der Waals surface area contributed by atoms with Crippen LogP contribution in [0.1, 0.15) is 17.2 Å². The molecule has 0 bridgehead atoms. The quantitative estimate of drug-likeness (QED) is 0.532. The van der Waals surface area contributed by atoms with Crippen molar-refractivity contribution in [1.29, 1.82) is 0 Å². The first-order valence-corrected chi connectivity index (χ1v) is 7.80. The molecule has 3 N–H and O–H groups in total. The zero-order valence-electron chi connectivity index (χ0n) is 13.9. The smallest absolute Gasteiger partial charge is 0.371 e. The van der Waals surface area contributed by atoms with Gasteiger partial charge in [-0.1, -0.05) is 29.8 Å². The molecule has 2 fully saturated rings. The van der Waals surface area contributed by atoms with Crippen LogP contribution in [0.2, 0.25) is 0 Å². The van der Waals surface area contributed by atoms with Gasteiger partial charge in [-0.05, 0) is 6.92 Å². The fraction of sp³-hybridized carbons (Fsp3) is 0.471. The normalized spacial score (nSPS) is 32.2. The number of nitrogens with two attached hydrogens (primary N) is 1. The Morgan fingerprint density at radius 2 is 1.92 bits per heavy atom. The number of hydrogen-bond donors (Lipinski definition) is 2. The highest BCUT2D eigenvalue weighted by Gasteiger charge is 2.72. The summed E-state index contributed by atoms with van der Waals surface area (Å²) < 4.78 is 4.85. The van der Waals surface area contributed by atoms with Crippen molar-refractivity contribution < 1.29 is 29.5 Å². The van der Waals surface area contributed by atoms with Gasteiger partial charge in [0.2, 0.25) is 17.4 Å². The van der Waals surface area contributed by atoms with Gasteiger partial charge >= 0.3 is 5.97 Å². The van der Waals surface area contributed by atoms with Crippen LogP contribution >= 0.6 is 0 Å². The van der Waals surface area contributed by atoms with E-state index in [1.54, 1.807) is 5.32 Å². The van der Waals surface area contributed by atoms with E-state index in [4.69, 9.17) is 4.74 Å². The molecule has 1 aromatic carbocycles. The van der Waals surface area contributed by atoms with E-state index in [1.165, 1.54) is 14.2 Å². The number of aliphatic hydroxyl groups excluding tert-OH is 1. The van der Waals surface area contributed by atoms with Gasteiger partial charge in [0.15, 0.2) is 0 Å². The highest BCUT2D eigenvalue weighted by Crippen LogP contribution is 2.43. The zero-order chi connectivity index (χ0) is 17.6. The molecule has 7 nitrogen and oxygen atoms in total. The molecule has 7 heteroatoms. The minimum atomic E-state index is -1.49. The number of methoxy groups -OCH3 is 1. The number of imide groups is 1. The fourth-order valence-electron chi connectivity index (χ4n) is 3.96. The van der Waals surface area contributed by atoms with Crippen LogP contribution in [0.3, 0.4) is 0 Å². The van der Waals surface area contributed by atoms with Crippen molar-refractivity contribution in [2.45, 2.75) is 18.5 Å². The van der Waals surface area contributed by atoms with Crippen LogP contribution in [0.5, 0.6) is 0 Å². The lowest BCUT2D eigenvalue weighted by Crippen LogP contribution is -2.99. The summed E-state index contributed by atoms with van der Waals surface area (Å²) in [5.74, 6) is -3.09. The van der Waals surface area contributed by atoms with Gasteiger partial charge < -0.3 is 15.2 Å². The van der Waals surface area contributed by atoms with E-state index in [1.807, 2.05) is 31.2 Å². The summed E-state index contributed by atoms with van der Waals surface area (Å²) in [6, 6.07) is 7.17. The number of esters is 1. The Balaban J connectivity index is 2.12. The van der Waals surface area contributed by atoms with Crippen molar-refractivity contribution in [1.82, 2.24) is 4.90 Å². The Kier molecular flexibility index (Phi) is 3.93. The molecule has 0 radical (unpaired) electrons. The van der Waals surface area contributed by atoms with Crippen LogP contribution < -0.4 is 5.32 Å². The van der Waals surface area contributed by atoms with Gasteiger partial charge in [-0.2, -0.15) is 0 Å². The van der Waals surface area contributed by atoms with E-state index < -0.39 is 41.9 Å². The van der Waals surface area contributed by atoms with Gasteiger partial charge in [-0.3, -0.25) is 14.5 Å². The first kappa shape index (κ1) is 16.6. The lowest BCUT2D eigenvalue weighted by Gasteiger charge is -2.26. The van der Waals surface area contributed by atoms with Crippen molar-refractivity contribution in [2.24, 2.45) is 11.8 Å². The predicted octanol–water partition coefficient (Wildman–Crippen LogP) is -1.25. The standard InChI is InChI=1S/C17H20N2O5/c1-9-4-6-10(7-5-9)13-11-12(15(22)19(2)14(11)21)17(8-20,18-13)16(23)24-3/h4-7,11-13,18,20H,8H2,1-3H3/p+1/t11-,12-,13+,17-/m0/s1. The Labute approximate surface area is 139 Å². The predicted molar refractivity (Wildman–Crippen MR) is 82.4 cm³/mol. The first-order valence-electron chi connectivity index (χ1n) is 7.80. The summed E-state index contributed by atoms with van der Waals surface area (Å²) in [5, 5.41) is 11.6. The number of ether oxygens (including phenoxy) is 1. The number of aryl methyl sites for hydroxylation is 1. The highest BCUT2D eigenvalue weighted by molar-refractivity contribution is 6.08. The van der Waals surface area contributed by atoms with Crippen molar-refractivity contribution in [3.63, 3.8) is 0 Å². The van der Waals surface area contributed by atoms with Crippen LogP contribution in [-0.4, -0.2) is 54.1 Å². The van der Waals surface area contributed by atoms with E-state index in [0.717, 1.165) is 16.0 Å². The van der Waals surface area contributed by atoms with E-state index >= 15 is 0 Å². The van der Waals surface area contributed by atoms with E-state index in [0.29, 0.717) is 0 Å². The summed E-state index contributed by atoms with van der Waals surface area (Å²) in [6.45, 7) is 1.38. The third-order valence-corrected chi connectivity index (χ3v) is 5.28. The number of rotatable bonds is 3. The van der Waals surface area contributed by atoms with Gasteiger partial charge in [0, 0.05) is 12.6 Å². The second-order valence-corrected chi connectivity index (χ2v) is 6.53. The van der Waals surface area contributed by atoms with Crippen LogP contribution in [0.25, 0.3) is 0 Å². The second-order valence-electron chi connectivity index (χ2n) is 6.53. The van der Waals surface area contributed by atoms with Crippen molar-refractivity contribution >= 4 is 17.8 Å². The Bertz CT molecular complexity index is 701. The molecule has 128 valence electrons. The first-order chi connectivity index (χ1) is 11.4. The Morgan fingerprint density at radius 1 is 1.29 bits per heavy atom. The van der Waals surface area contributed by atoms with Gasteiger partial charge in [-0.25, -0.2) is 4.79 Å². The minimum Gasteiger partial charge on any atom is -0.464 e. The average molecular weight is 333 g/mol. The molecule has 0 aliphatic carbocycles. The lowest BCUT2D eigenvalue weighted by atomic mass is 9.79. The third-order valence-electron chi connectivity index (χ3n) is 5.28. The topological polar surface area (TPSA) is 101 Å². The third kappa shape index (κ3) is 2.08. The number of carbonyl (C=O) groups excluding carboxylic acids is 3. The maximum atomic E-state index is 12.6. The van der Waals surface area contributed by atoms with Gasteiger partial charge in [0.25, 0.3) is 0 Å². The number of nitrogens with zero attached hydrogens (tertiary/aromatic N) is 1. The molecular weight excluding hydrogens is 312 g/mol. The maximum Gasteiger partial charge on any atom is 0.371 e. The van der Waals surface area contributed by atoms with Crippen LogP contribution in [0.15, 0.2) is 24.3 Å². The van der Waals surface area contributed by atoms with Crippen molar-refractivity contribution in [3.8, 4) is 0 Å². The Hall–Kier alpha value is -2.25. The van der Waals surface area contributed by atoms with Gasteiger partial charge in [0.05, 0.1) is 7.11 Å². The second kappa shape index (κ2) is 5.68. The molecule has 1 aromatic rings. The molecule has 0 spiro atoms. The number of quaternary nitrogens is 1. The largest absolute Gasteiger partial charge is 0.464 e. The molecule has 4 atom stereocenters. The van der Waals surface area contributed by atoms with E-state index in [9.17, 15) is 19.5 Å². The number of amides is 2. The molecule has 2 heterocycles. The lowest BCUT2D eigenvalue weighted by molar-refractivity contribution is -0.735. The number of fused-ring (bicyclic) bond motifs is 1. The number of aliphatic hydroxyl groups is 1. The SMILES string of the molecule is COC(=O)[C@@]1(CO)[NH2+][C@H](c2ccc(C)cc2)[C@H]2C(=O)N(C)C(=O)[C@H]21. The summed E-state index contributed by atoms with van der Waals surface area (Å²) in [6.07, 6.45) is 0. The molecule has 0 unspecified atom stereocenters. The average Bonchev–Trinajstić information content (AvgIpc) is 3.05. The molecule has 0 aromatic heterocycles. The minimum absolute atomic E-state index is 0.328. The van der Waals surface area contributed by atoms with Crippen LogP contribution in [-0.2, 0) is 19.1 Å². The molecule has 0 saturated carbocycles. The number of likely N-dealkylation sites (tertiary alicyclic amines) is 1. The number of benzene rings is 1. The summed E-state index contributed by atoms with van der Waals surface area (Å²) >= 11 is 0. The Morgan fingerprint density at radius 3 is 2.46 bits per heavy atom. The molecular formula is C17H21N2O5+. The van der Waals surface area contributed by atoms with Crippen LogP contribution in [0, 0.1) is 18.8 Å². The maximum absolute atomic E-state index is 12.6. The van der Waals surface area contributed by atoms with Crippen LogP contribution in [0.4, 0.5) is 0 Å². The van der Waals surface area contributed by atoms with Crippen molar-refractivity contribution in [2.75, 3.05) is 20.8 Å². The van der Waals surface area contributed by atoms with E-state index in [2.05, 4.69) is 0 Å². The van der Waals surface area contributed by atoms with E-state index in [-0.39, 0.29) is 5.91 Å². The molecule has 3 rings (SSSR count). The summed E-state index contributed by atoms with van der Waals surface area (Å²) in [5.41, 5.74) is 0.416. The monoisotopic (exact) mass is 333 g/mol. The van der Waals surface area contributed by atoms with Gasteiger partial charge in [0.1, 0.15) is 24.5 Å².